The number of halogens is 2. The molecule has 0 spiro atoms. The predicted molar refractivity (Wildman–Crippen MR) is 92.1 cm³/mol. The van der Waals surface area contributed by atoms with Crippen LogP contribution in [0.3, 0.4) is 0 Å². The van der Waals surface area contributed by atoms with Gasteiger partial charge in [0.05, 0.1) is 12.0 Å². The van der Waals surface area contributed by atoms with Crippen LogP contribution in [0.25, 0.3) is 11.3 Å². The second kappa shape index (κ2) is 7.69. The molecular formula is C19H15F2N3O2. The first-order valence-electron chi connectivity index (χ1n) is 7.85. The van der Waals surface area contributed by atoms with Crippen LogP contribution in [-0.4, -0.2) is 15.5 Å². The van der Waals surface area contributed by atoms with Crippen LogP contribution >= 0.6 is 0 Å². The first-order valence-corrected chi connectivity index (χ1v) is 7.85. The first-order chi connectivity index (χ1) is 12.5. The number of amides is 1. The highest BCUT2D eigenvalue weighted by Gasteiger charge is 2.09. The summed E-state index contributed by atoms with van der Waals surface area (Å²) in [7, 11) is 0. The van der Waals surface area contributed by atoms with E-state index < -0.39 is 17.3 Å². The molecule has 0 radical (unpaired) electrons. The van der Waals surface area contributed by atoms with Gasteiger partial charge in [-0.2, -0.15) is 0 Å². The van der Waals surface area contributed by atoms with Gasteiger partial charge in [-0.25, -0.2) is 13.8 Å². The van der Waals surface area contributed by atoms with Gasteiger partial charge in [-0.05, 0) is 29.8 Å². The lowest BCUT2D eigenvalue weighted by molar-refractivity contribution is -0.121. The Kier molecular flexibility index (Phi) is 5.17. The van der Waals surface area contributed by atoms with Crippen LogP contribution in [0.15, 0.2) is 65.7 Å². The lowest BCUT2D eigenvalue weighted by Crippen LogP contribution is -2.32. The van der Waals surface area contributed by atoms with Gasteiger partial charge in [-0.3, -0.25) is 14.2 Å². The Hall–Kier alpha value is -3.35. The Labute approximate surface area is 147 Å². The maximum Gasteiger partial charge on any atom is 0.254 e. The molecule has 0 aliphatic carbocycles. The minimum atomic E-state index is -0.478. The summed E-state index contributed by atoms with van der Waals surface area (Å²) >= 11 is 0. The van der Waals surface area contributed by atoms with Crippen molar-refractivity contribution in [3.8, 4) is 11.3 Å². The molecule has 0 aliphatic heterocycles. The summed E-state index contributed by atoms with van der Waals surface area (Å²) in [6.45, 7) is -0.000811. The van der Waals surface area contributed by atoms with Crippen molar-refractivity contribution in [2.45, 2.75) is 13.1 Å². The first kappa shape index (κ1) is 17.5. The third-order valence-corrected chi connectivity index (χ3v) is 3.75. The molecule has 1 N–H and O–H groups in total. The van der Waals surface area contributed by atoms with E-state index in [0.29, 0.717) is 0 Å². The highest BCUT2D eigenvalue weighted by Crippen LogP contribution is 2.18. The van der Waals surface area contributed by atoms with Crippen molar-refractivity contribution in [2.75, 3.05) is 0 Å². The fourth-order valence-corrected chi connectivity index (χ4v) is 2.37. The molecule has 1 aromatic heterocycles. The number of carbonyl (C=O) groups is 1. The van der Waals surface area contributed by atoms with Gasteiger partial charge in [0.25, 0.3) is 5.56 Å². The maximum atomic E-state index is 13.8. The molecule has 26 heavy (non-hydrogen) atoms. The Morgan fingerprint density at radius 3 is 2.50 bits per heavy atom. The normalized spacial score (nSPS) is 10.5. The molecule has 3 rings (SSSR count). The summed E-state index contributed by atoms with van der Waals surface area (Å²) in [5.41, 5.74) is 0.698. The molecular weight excluding hydrogens is 340 g/mol. The molecule has 3 aromatic rings. The maximum absolute atomic E-state index is 13.8. The lowest BCUT2D eigenvalue weighted by atomic mass is 10.1. The largest absolute Gasteiger partial charge is 0.350 e. The van der Waals surface area contributed by atoms with E-state index in [1.807, 2.05) is 0 Å². The molecule has 1 heterocycles. The number of nitrogens with zero attached hydrogens (tertiary/aromatic N) is 2. The van der Waals surface area contributed by atoms with E-state index in [4.69, 9.17) is 0 Å². The zero-order valence-electron chi connectivity index (χ0n) is 13.7. The van der Waals surface area contributed by atoms with E-state index in [-0.39, 0.29) is 30.2 Å². The van der Waals surface area contributed by atoms with Crippen molar-refractivity contribution in [1.82, 2.24) is 14.9 Å². The second-order valence-electron chi connectivity index (χ2n) is 5.62. The Bertz CT molecular complexity index is 985. The third-order valence-electron chi connectivity index (χ3n) is 3.75. The fourth-order valence-electron chi connectivity index (χ4n) is 2.37. The van der Waals surface area contributed by atoms with E-state index in [0.717, 1.165) is 10.1 Å². The van der Waals surface area contributed by atoms with Crippen LogP contribution in [0.4, 0.5) is 8.78 Å². The van der Waals surface area contributed by atoms with E-state index in [2.05, 4.69) is 10.3 Å². The zero-order valence-corrected chi connectivity index (χ0v) is 13.7. The molecule has 132 valence electrons. The summed E-state index contributed by atoms with van der Waals surface area (Å²) in [5.74, 6) is -1.22. The molecule has 2 aromatic carbocycles. The number of aromatic nitrogens is 2. The van der Waals surface area contributed by atoms with Crippen LogP contribution in [0, 0.1) is 11.6 Å². The molecule has 5 nitrogen and oxygen atoms in total. The van der Waals surface area contributed by atoms with Crippen molar-refractivity contribution in [3.05, 3.63) is 88.5 Å². The average Bonchev–Trinajstić information content (AvgIpc) is 2.63. The molecule has 0 atom stereocenters. The van der Waals surface area contributed by atoms with Gasteiger partial charge in [0.2, 0.25) is 5.91 Å². The minimum absolute atomic E-state index is 0.205. The van der Waals surface area contributed by atoms with Crippen LogP contribution < -0.4 is 10.9 Å². The SMILES string of the molecule is O=C(Cn1cnc(-c2ccccc2F)cc1=O)NCc1ccc(F)cc1. The number of hydrogen-bond donors (Lipinski definition) is 1. The highest BCUT2D eigenvalue weighted by molar-refractivity contribution is 5.75. The Morgan fingerprint density at radius 2 is 1.81 bits per heavy atom. The topological polar surface area (TPSA) is 64.0 Å². The van der Waals surface area contributed by atoms with Gasteiger partial charge in [-0.1, -0.05) is 24.3 Å². The van der Waals surface area contributed by atoms with Gasteiger partial charge in [0.1, 0.15) is 18.2 Å². The van der Waals surface area contributed by atoms with Gasteiger partial charge >= 0.3 is 0 Å². The average molecular weight is 355 g/mol. The van der Waals surface area contributed by atoms with Gasteiger partial charge in [-0.15, -0.1) is 0 Å². The standard InChI is InChI=1S/C19H15F2N3O2/c20-14-7-5-13(6-8-14)10-22-18(25)11-24-12-23-17(9-19(24)26)15-3-1-2-4-16(15)21/h1-9,12H,10-11H2,(H,22,25). The van der Waals surface area contributed by atoms with Crippen LogP contribution in [0.2, 0.25) is 0 Å². The summed E-state index contributed by atoms with van der Waals surface area (Å²) in [5, 5.41) is 2.64. The van der Waals surface area contributed by atoms with Crippen molar-refractivity contribution in [1.29, 1.82) is 0 Å². The molecule has 0 bridgehead atoms. The molecule has 0 unspecified atom stereocenters. The number of rotatable bonds is 5. The van der Waals surface area contributed by atoms with Crippen molar-refractivity contribution >= 4 is 5.91 Å². The fraction of sp³-hybridized carbons (Fsp3) is 0.105. The van der Waals surface area contributed by atoms with Crippen molar-refractivity contribution < 1.29 is 13.6 Å². The van der Waals surface area contributed by atoms with Gasteiger partial charge in [0, 0.05) is 18.2 Å². The molecule has 0 saturated carbocycles. The molecule has 1 amide bonds. The van der Waals surface area contributed by atoms with Gasteiger partial charge < -0.3 is 5.32 Å². The number of hydrogen-bond acceptors (Lipinski definition) is 3. The quantitative estimate of drug-likeness (QED) is 0.765. The van der Waals surface area contributed by atoms with Crippen LogP contribution in [-0.2, 0) is 17.9 Å². The van der Waals surface area contributed by atoms with Crippen LogP contribution in [0.5, 0.6) is 0 Å². The zero-order chi connectivity index (χ0) is 18.5. The van der Waals surface area contributed by atoms with Crippen LogP contribution in [0.1, 0.15) is 5.56 Å². The number of benzene rings is 2. The van der Waals surface area contributed by atoms with Crippen molar-refractivity contribution in [2.24, 2.45) is 0 Å². The number of carbonyl (C=O) groups excluding carboxylic acids is 1. The highest BCUT2D eigenvalue weighted by atomic mass is 19.1. The van der Waals surface area contributed by atoms with E-state index in [1.54, 1.807) is 24.3 Å². The number of nitrogens with one attached hydrogen (secondary N) is 1. The summed E-state index contributed by atoms with van der Waals surface area (Å²) in [6, 6.07) is 12.9. The Morgan fingerprint density at radius 1 is 1.08 bits per heavy atom. The smallest absolute Gasteiger partial charge is 0.254 e. The minimum Gasteiger partial charge on any atom is -0.350 e. The molecule has 7 heteroatoms. The van der Waals surface area contributed by atoms with E-state index in [9.17, 15) is 18.4 Å². The Balaban J connectivity index is 1.66. The summed E-state index contributed by atoms with van der Waals surface area (Å²) in [4.78, 5) is 28.2. The molecule has 0 aliphatic rings. The lowest BCUT2D eigenvalue weighted by Gasteiger charge is -2.08. The second-order valence-corrected chi connectivity index (χ2v) is 5.62. The van der Waals surface area contributed by atoms with E-state index in [1.165, 1.54) is 36.7 Å². The van der Waals surface area contributed by atoms with E-state index >= 15 is 0 Å². The monoisotopic (exact) mass is 355 g/mol. The third kappa shape index (κ3) is 4.18. The molecule has 0 fully saturated rings. The summed E-state index contributed by atoms with van der Waals surface area (Å²) in [6.07, 6.45) is 1.21. The van der Waals surface area contributed by atoms with Crippen molar-refractivity contribution in [3.63, 3.8) is 0 Å². The predicted octanol–water partition coefficient (Wildman–Crippen LogP) is 2.50. The summed E-state index contributed by atoms with van der Waals surface area (Å²) < 4.78 is 27.7. The van der Waals surface area contributed by atoms with Gasteiger partial charge in [0.15, 0.2) is 0 Å². The molecule has 0 saturated heterocycles.